The number of hydrogen-bond donors (Lipinski definition) is 1. The van der Waals surface area contributed by atoms with E-state index in [2.05, 4.69) is 4.99 Å². The van der Waals surface area contributed by atoms with E-state index in [4.69, 9.17) is 14.6 Å². The quantitative estimate of drug-likeness (QED) is 0.295. The van der Waals surface area contributed by atoms with Gasteiger partial charge in [-0.25, -0.2) is 9.18 Å². The molecule has 0 saturated heterocycles. The van der Waals surface area contributed by atoms with Crippen LogP contribution >= 0.6 is 0 Å². The van der Waals surface area contributed by atoms with Gasteiger partial charge in [-0.1, -0.05) is 24.3 Å². The molecule has 0 saturated carbocycles. The second-order valence-electron chi connectivity index (χ2n) is 7.60. The van der Waals surface area contributed by atoms with Gasteiger partial charge in [-0.15, -0.1) is 0 Å². The molecule has 3 aromatic rings. The Morgan fingerprint density at radius 3 is 2.49 bits per heavy atom. The second-order valence-corrected chi connectivity index (χ2v) is 7.60. The lowest BCUT2D eigenvalue weighted by Crippen LogP contribution is -2.06. The molecule has 0 amide bonds. The maximum atomic E-state index is 14.4. The summed E-state index contributed by atoms with van der Waals surface area (Å²) < 4.78 is 25.1. The molecule has 180 valence electrons. The maximum absolute atomic E-state index is 14.4. The summed E-state index contributed by atoms with van der Waals surface area (Å²) in [6, 6.07) is 16.0. The third kappa shape index (κ3) is 7.07. The third-order valence-electron chi connectivity index (χ3n) is 5.22. The van der Waals surface area contributed by atoms with Gasteiger partial charge in [-0.2, -0.15) is 0 Å². The highest BCUT2D eigenvalue weighted by molar-refractivity contribution is 6.28. The highest BCUT2D eigenvalue weighted by atomic mass is 19.1. The average Bonchev–Trinajstić information content (AvgIpc) is 2.87. The molecule has 1 N–H and O–H groups in total. The van der Waals surface area contributed by atoms with Gasteiger partial charge in [0.15, 0.2) is 23.6 Å². The Hall–Kier alpha value is -4.33. The van der Waals surface area contributed by atoms with Gasteiger partial charge >= 0.3 is 5.97 Å². The van der Waals surface area contributed by atoms with Gasteiger partial charge in [0.25, 0.3) is 0 Å². The molecule has 0 spiro atoms. The molecule has 0 aliphatic heterocycles. The SMILES string of the molecule is COc1cccc(CCC(=O)C=Nc2ccc(F)c(OCCc3ccc(C(=O)O)cc3)c2C=O)c1. The summed E-state index contributed by atoms with van der Waals surface area (Å²) in [7, 11) is 1.57. The Morgan fingerprint density at radius 2 is 1.80 bits per heavy atom. The molecule has 0 fully saturated rings. The van der Waals surface area contributed by atoms with Crippen molar-refractivity contribution in [3.05, 3.63) is 88.7 Å². The van der Waals surface area contributed by atoms with Crippen molar-refractivity contribution in [3.63, 3.8) is 0 Å². The van der Waals surface area contributed by atoms with Crippen LogP contribution in [0, 0.1) is 5.82 Å². The number of aromatic carboxylic acids is 1. The standard InChI is InChI=1S/C27H24FNO6/c1-34-22-4-2-3-19(15-22)7-10-21(31)16-29-25-12-11-24(28)26(23(25)17-30)35-14-13-18-5-8-20(9-6-18)27(32)33/h2-6,8-9,11-12,15-17H,7,10,13-14H2,1H3,(H,32,33). The zero-order valence-electron chi connectivity index (χ0n) is 19.1. The van der Waals surface area contributed by atoms with Gasteiger partial charge in [0.2, 0.25) is 0 Å². The highest BCUT2D eigenvalue weighted by Crippen LogP contribution is 2.30. The van der Waals surface area contributed by atoms with Crippen molar-refractivity contribution in [2.24, 2.45) is 4.99 Å². The molecule has 8 heteroatoms. The molecule has 3 aromatic carbocycles. The van der Waals surface area contributed by atoms with E-state index in [0.29, 0.717) is 24.9 Å². The summed E-state index contributed by atoms with van der Waals surface area (Å²) in [5, 5.41) is 8.96. The number of benzene rings is 3. The van der Waals surface area contributed by atoms with Crippen LogP contribution < -0.4 is 9.47 Å². The van der Waals surface area contributed by atoms with E-state index in [1.165, 1.54) is 18.2 Å². The van der Waals surface area contributed by atoms with Gasteiger partial charge in [0.05, 0.1) is 36.7 Å². The monoisotopic (exact) mass is 477 g/mol. The summed E-state index contributed by atoms with van der Waals surface area (Å²) in [6.07, 6.45) is 2.63. The molecule has 0 aromatic heterocycles. The average molecular weight is 477 g/mol. The van der Waals surface area contributed by atoms with Crippen molar-refractivity contribution in [3.8, 4) is 11.5 Å². The van der Waals surface area contributed by atoms with Crippen molar-refractivity contribution in [1.82, 2.24) is 0 Å². The van der Waals surface area contributed by atoms with Crippen molar-refractivity contribution >= 4 is 29.9 Å². The number of methoxy groups -OCH3 is 1. The molecular weight excluding hydrogens is 453 g/mol. The fourth-order valence-corrected chi connectivity index (χ4v) is 3.32. The lowest BCUT2D eigenvalue weighted by atomic mass is 10.1. The number of ether oxygens (including phenoxy) is 2. The number of halogens is 1. The van der Waals surface area contributed by atoms with E-state index in [9.17, 15) is 18.8 Å². The van der Waals surface area contributed by atoms with Gasteiger partial charge in [0, 0.05) is 12.8 Å². The lowest BCUT2D eigenvalue weighted by Gasteiger charge is -2.11. The van der Waals surface area contributed by atoms with Crippen molar-refractivity contribution in [2.45, 2.75) is 19.3 Å². The number of aryl methyl sites for hydroxylation is 1. The first kappa shape index (κ1) is 25.3. The van der Waals surface area contributed by atoms with E-state index >= 15 is 0 Å². The number of carboxylic acid groups (broad SMARTS) is 1. The molecular formula is C27H24FNO6. The zero-order chi connectivity index (χ0) is 25.2. The van der Waals surface area contributed by atoms with Crippen LogP contribution in [0.15, 0.2) is 65.7 Å². The van der Waals surface area contributed by atoms with E-state index in [1.54, 1.807) is 19.2 Å². The summed E-state index contributed by atoms with van der Waals surface area (Å²) in [5.74, 6) is -1.55. The third-order valence-corrected chi connectivity index (χ3v) is 5.22. The van der Waals surface area contributed by atoms with Crippen molar-refractivity contribution in [2.75, 3.05) is 13.7 Å². The number of carboxylic acids is 1. The number of hydrogen-bond acceptors (Lipinski definition) is 6. The molecule has 0 radical (unpaired) electrons. The van der Waals surface area contributed by atoms with E-state index < -0.39 is 11.8 Å². The van der Waals surface area contributed by atoms with Crippen LogP contribution in [-0.4, -0.2) is 43.1 Å². The Balaban J connectivity index is 1.63. The fraction of sp³-hybridized carbons (Fsp3) is 0.185. The number of ketones is 1. The highest BCUT2D eigenvalue weighted by Gasteiger charge is 2.15. The number of aldehydes is 1. The zero-order valence-corrected chi connectivity index (χ0v) is 19.1. The van der Waals surface area contributed by atoms with E-state index in [-0.39, 0.29) is 41.4 Å². The molecule has 0 aliphatic rings. The van der Waals surface area contributed by atoms with Crippen LogP contribution in [0.25, 0.3) is 0 Å². The summed E-state index contributed by atoms with van der Waals surface area (Å²) >= 11 is 0. The molecule has 3 rings (SSSR count). The largest absolute Gasteiger partial charge is 0.497 e. The Labute approximate surface area is 201 Å². The number of aliphatic imine (C=N–C) groups is 1. The summed E-state index contributed by atoms with van der Waals surface area (Å²) in [6.45, 7) is 0.0524. The first-order chi connectivity index (χ1) is 16.9. The Morgan fingerprint density at radius 1 is 1.03 bits per heavy atom. The minimum atomic E-state index is -1.03. The second kappa shape index (κ2) is 12.2. The number of carbonyl (C=O) groups is 3. The minimum absolute atomic E-state index is 0.0524. The lowest BCUT2D eigenvalue weighted by molar-refractivity contribution is -0.112. The van der Waals surface area contributed by atoms with E-state index in [1.807, 2.05) is 24.3 Å². The van der Waals surface area contributed by atoms with Crippen molar-refractivity contribution < 1.29 is 33.4 Å². The van der Waals surface area contributed by atoms with Crippen LogP contribution in [0.1, 0.15) is 38.3 Å². The molecule has 0 unspecified atom stereocenters. The molecule has 0 aliphatic carbocycles. The van der Waals surface area contributed by atoms with Crippen LogP contribution in [-0.2, 0) is 17.6 Å². The van der Waals surface area contributed by atoms with Crippen LogP contribution in [0.3, 0.4) is 0 Å². The first-order valence-electron chi connectivity index (χ1n) is 10.8. The predicted molar refractivity (Wildman–Crippen MR) is 129 cm³/mol. The molecule has 35 heavy (non-hydrogen) atoms. The maximum Gasteiger partial charge on any atom is 0.335 e. The summed E-state index contributed by atoms with van der Waals surface area (Å²) in [4.78, 5) is 39.0. The smallest absolute Gasteiger partial charge is 0.335 e. The Bertz CT molecular complexity index is 1240. The predicted octanol–water partition coefficient (Wildman–Crippen LogP) is 4.87. The number of carbonyl (C=O) groups excluding carboxylic acids is 2. The van der Waals surface area contributed by atoms with E-state index in [0.717, 1.165) is 23.4 Å². The molecule has 0 heterocycles. The van der Waals surface area contributed by atoms with Crippen LogP contribution in [0.2, 0.25) is 0 Å². The number of Topliss-reactive ketones (excluding diaryl/α,β-unsaturated/α-hetero) is 1. The van der Waals surface area contributed by atoms with Gasteiger partial charge in [-0.3, -0.25) is 14.6 Å². The van der Waals surface area contributed by atoms with Gasteiger partial charge in [-0.05, 0) is 53.9 Å². The topological polar surface area (TPSA) is 102 Å². The molecule has 0 atom stereocenters. The summed E-state index contributed by atoms with van der Waals surface area (Å²) in [5.41, 5.74) is 1.92. The van der Waals surface area contributed by atoms with Gasteiger partial charge in [0.1, 0.15) is 5.75 Å². The first-order valence-corrected chi connectivity index (χ1v) is 10.8. The fourth-order valence-electron chi connectivity index (χ4n) is 3.32. The van der Waals surface area contributed by atoms with Crippen LogP contribution in [0.5, 0.6) is 11.5 Å². The molecule has 7 nitrogen and oxygen atoms in total. The van der Waals surface area contributed by atoms with Crippen LogP contribution in [0.4, 0.5) is 10.1 Å². The number of rotatable bonds is 12. The van der Waals surface area contributed by atoms with Crippen molar-refractivity contribution in [1.29, 1.82) is 0 Å². The Kier molecular flexibility index (Phi) is 8.83. The molecule has 0 bridgehead atoms. The number of nitrogens with zero attached hydrogens (tertiary/aromatic N) is 1. The normalized spacial score (nSPS) is 10.8. The van der Waals surface area contributed by atoms with Gasteiger partial charge < -0.3 is 14.6 Å². The minimum Gasteiger partial charge on any atom is -0.497 e.